The Balaban J connectivity index is 4.04. The van der Waals surface area contributed by atoms with Crippen LogP contribution in [0.25, 0.3) is 0 Å². The van der Waals surface area contributed by atoms with Gasteiger partial charge in [-0.2, -0.15) is 0 Å². The van der Waals surface area contributed by atoms with Crippen LogP contribution in [0, 0.1) is 10.8 Å². The lowest BCUT2D eigenvalue weighted by atomic mass is 9.73. The summed E-state index contributed by atoms with van der Waals surface area (Å²) < 4.78 is 0. The van der Waals surface area contributed by atoms with Crippen molar-refractivity contribution in [3.05, 3.63) is 0 Å². The maximum absolute atomic E-state index is 9.28. The Bertz CT molecular complexity index is 128. The van der Waals surface area contributed by atoms with Crippen molar-refractivity contribution < 1.29 is 5.11 Å². The van der Waals surface area contributed by atoms with Crippen molar-refractivity contribution in [3.63, 3.8) is 0 Å². The molecule has 0 aromatic carbocycles. The summed E-state index contributed by atoms with van der Waals surface area (Å²) in [5, 5.41) is 9.28. The molecule has 0 bridgehead atoms. The predicted octanol–water partition coefficient (Wildman–Crippen LogP) is 3.22. The van der Waals surface area contributed by atoms with Gasteiger partial charge in [0, 0.05) is 0 Å². The number of aliphatic hydroxyl groups excluding tert-OH is 1. The summed E-state index contributed by atoms with van der Waals surface area (Å²) in [5.41, 5.74) is 0.616. The van der Waals surface area contributed by atoms with Crippen LogP contribution in [0.3, 0.4) is 0 Å². The molecule has 0 aromatic rings. The molecule has 0 amide bonds. The number of rotatable bonds is 3. The van der Waals surface area contributed by atoms with Gasteiger partial charge in [0.1, 0.15) is 0 Å². The van der Waals surface area contributed by atoms with Crippen molar-refractivity contribution in [2.24, 2.45) is 10.8 Å². The molecule has 74 valence electrons. The van der Waals surface area contributed by atoms with Gasteiger partial charge in [0.25, 0.3) is 0 Å². The molecule has 0 saturated carbocycles. The lowest BCUT2D eigenvalue weighted by Gasteiger charge is -2.33. The molecule has 0 fully saturated rings. The van der Waals surface area contributed by atoms with Crippen LogP contribution in [0.5, 0.6) is 0 Å². The minimum Gasteiger partial charge on any atom is -0.393 e. The largest absolute Gasteiger partial charge is 0.393 e. The molecule has 0 saturated heterocycles. The summed E-state index contributed by atoms with van der Waals surface area (Å²) in [6.45, 7) is 13.1. The monoisotopic (exact) mass is 172 g/mol. The summed E-state index contributed by atoms with van der Waals surface area (Å²) in [5.74, 6) is 0. The molecule has 1 heteroatoms. The number of hydrogen-bond acceptors (Lipinski definition) is 1. The lowest BCUT2D eigenvalue weighted by molar-refractivity contribution is 0.101. The van der Waals surface area contributed by atoms with E-state index in [1.54, 1.807) is 0 Å². The van der Waals surface area contributed by atoms with E-state index in [0.717, 1.165) is 12.8 Å². The van der Waals surface area contributed by atoms with Crippen LogP contribution >= 0.6 is 0 Å². The van der Waals surface area contributed by atoms with Gasteiger partial charge in [-0.15, -0.1) is 0 Å². The van der Waals surface area contributed by atoms with E-state index in [1.807, 2.05) is 6.92 Å². The van der Waals surface area contributed by atoms with Gasteiger partial charge in [-0.1, -0.05) is 34.6 Å². The molecule has 0 radical (unpaired) electrons. The highest BCUT2D eigenvalue weighted by atomic mass is 16.3. The minimum atomic E-state index is -0.178. The molecule has 0 heterocycles. The summed E-state index contributed by atoms with van der Waals surface area (Å²) in [7, 11) is 0. The highest BCUT2D eigenvalue weighted by Crippen LogP contribution is 2.36. The van der Waals surface area contributed by atoms with Crippen molar-refractivity contribution in [2.75, 3.05) is 0 Å². The summed E-state index contributed by atoms with van der Waals surface area (Å²) >= 11 is 0. The van der Waals surface area contributed by atoms with E-state index in [2.05, 4.69) is 34.6 Å². The fraction of sp³-hybridized carbons (Fsp3) is 1.00. The van der Waals surface area contributed by atoms with E-state index >= 15 is 0 Å². The van der Waals surface area contributed by atoms with Gasteiger partial charge >= 0.3 is 0 Å². The standard InChI is InChI=1S/C11H24O/c1-9(12)7-11(5,6)8-10(2,3)4/h9,12H,7-8H2,1-6H3. The Hall–Kier alpha value is -0.0400. The molecule has 1 nitrogen and oxygen atoms in total. The first-order chi connectivity index (χ1) is 5.12. The molecule has 0 aliphatic rings. The van der Waals surface area contributed by atoms with E-state index in [-0.39, 0.29) is 11.5 Å². The molecule has 1 unspecified atom stereocenters. The van der Waals surface area contributed by atoms with Gasteiger partial charge in [-0.3, -0.25) is 0 Å². The lowest BCUT2D eigenvalue weighted by Crippen LogP contribution is -2.24. The smallest absolute Gasteiger partial charge is 0.0517 e. The van der Waals surface area contributed by atoms with Crippen LogP contribution in [-0.2, 0) is 0 Å². The topological polar surface area (TPSA) is 20.2 Å². The van der Waals surface area contributed by atoms with E-state index in [0.29, 0.717) is 5.41 Å². The maximum atomic E-state index is 9.28. The Morgan fingerprint density at radius 2 is 1.50 bits per heavy atom. The second-order valence-corrected chi connectivity index (χ2v) is 5.95. The van der Waals surface area contributed by atoms with Crippen LogP contribution in [0.15, 0.2) is 0 Å². The highest BCUT2D eigenvalue weighted by Gasteiger charge is 2.26. The average Bonchev–Trinajstić information content (AvgIpc) is 1.48. The van der Waals surface area contributed by atoms with Crippen LogP contribution in [0.1, 0.15) is 54.4 Å². The molecule has 0 rings (SSSR count). The van der Waals surface area contributed by atoms with Crippen molar-refractivity contribution in [3.8, 4) is 0 Å². The van der Waals surface area contributed by atoms with Crippen molar-refractivity contribution in [1.82, 2.24) is 0 Å². The van der Waals surface area contributed by atoms with Gasteiger partial charge in [-0.05, 0) is 30.6 Å². The van der Waals surface area contributed by atoms with Gasteiger partial charge < -0.3 is 5.11 Å². The van der Waals surface area contributed by atoms with Gasteiger partial charge in [0.2, 0.25) is 0 Å². The van der Waals surface area contributed by atoms with Gasteiger partial charge in [0.15, 0.2) is 0 Å². The Kier molecular flexibility index (Phi) is 3.77. The van der Waals surface area contributed by atoms with E-state index in [9.17, 15) is 5.11 Å². The Morgan fingerprint density at radius 1 is 1.08 bits per heavy atom. The van der Waals surface area contributed by atoms with Crippen molar-refractivity contribution in [1.29, 1.82) is 0 Å². The second kappa shape index (κ2) is 3.78. The Morgan fingerprint density at radius 3 is 1.75 bits per heavy atom. The normalized spacial score (nSPS) is 16.2. The maximum Gasteiger partial charge on any atom is 0.0517 e. The molecule has 0 aromatic heterocycles. The Labute approximate surface area is 77.2 Å². The van der Waals surface area contributed by atoms with E-state index in [1.165, 1.54) is 0 Å². The molecule has 1 N–H and O–H groups in total. The second-order valence-electron chi connectivity index (χ2n) is 5.95. The molecule has 0 aliphatic carbocycles. The average molecular weight is 172 g/mol. The molecule has 12 heavy (non-hydrogen) atoms. The molecular formula is C11H24O. The predicted molar refractivity (Wildman–Crippen MR) is 54.2 cm³/mol. The van der Waals surface area contributed by atoms with Crippen molar-refractivity contribution in [2.45, 2.75) is 60.5 Å². The highest BCUT2D eigenvalue weighted by molar-refractivity contribution is 4.77. The van der Waals surface area contributed by atoms with Crippen LogP contribution in [0.2, 0.25) is 0 Å². The summed E-state index contributed by atoms with van der Waals surface area (Å²) in [6, 6.07) is 0. The third kappa shape index (κ3) is 6.66. The minimum absolute atomic E-state index is 0.178. The molecule has 1 atom stereocenters. The summed E-state index contributed by atoms with van der Waals surface area (Å²) in [6.07, 6.45) is 1.87. The van der Waals surface area contributed by atoms with Crippen LogP contribution in [-0.4, -0.2) is 11.2 Å². The molecular weight excluding hydrogens is 148 g/mol. The van der Waals surface area contributed by atoms with Crippen LogP contribution in [0.4, 0.5) is 0 Å². The number of aliphatic hydroxyl groups is 1. The number of hydrogen-bond donors (Lipinski definition) is 1. The first kappa shape index (κ1) is 12.0. The third-order valence-corrected chi connectivity index (χ3v) is 1.86. The third-order valence-electron chi connectivity index (χ3n) is 1.86. The molecule has 0 spiro atoms. The fourth-order valence-corrected chi connectivity index (χ4v) is 2.31. The summed E-state index contributed by atoms with van der Waals surface area (Å²) in [4.78, 5) is 0. The van der Waals surface area contributed by atoms with E-state index in [4.69, 9.17) is 0 Å². The quantitative estimate of drug-likeness (QED) is 0.693. The first-order valence-electron chi connectivity index (χ1n) is 4.80. The molecule has 0 aliphatic heterocycles. The van der Waals surface area contributed by atoms with Gasteiger partial charge in [0.05, 0.1) is 6.10 Å². The first-order valence-corrected chi connectivity index (χ1v) is 4.80. The van der Waals surface area contributed by atoms with Gasteiger partial charge in [-0.25, -0.2) is 0 Å². The fourth-order valence-electron chi connectivity index (χ4n) is 2.31. The zero-order valence-corrected chi connectivity index (χ0v) is 9.44. The van der Waals surface area contributed by atoms with E-state index < -0.39 is 0 Å². The van der Waals surface area contributed by atoms with Crippen molar-refractivity contribution >= 4 is 0 Å². The van der Waals surface area contributed by atoms with Crippen LogP contribution < -0.4 is 0 Å². The SMILES string of the molecule is CC(O)CC(C)(C)CC(C)(C)C. The zero-order valence-electron chi connectivity index (χ0n) is 9.44. The zero-order chi connectivity index (χ0) is 9.99.